The summed E-state index contributed by atoms with van der Waals surface area (Å²) in [6.45, 7) is 4.89. The van der Waals surface area contributed by atoms with E-state index >= 15 is 0 Å². The van der Waals surface area contributed by atoms with Crippen LogP contribution in [0.1, 0.15) is 38.7 Å². The van der Waals surface area contributed by atoms with Crippen LogP contribution in [-0.2, 0) is 11.2 Å². The smallest absolute Gasteiger partial charge is 0.319 e. The number of anilines is 1. The first-order valence-electron chi connectivity index (χ1n) is 7.40. The number of hydrogen-bond donors (Lipinski definition) is 3. The molecule has 0 saturated heterocycles. The van der Waals surface area contributed by atoms with E-state index < -0.39 is 5.97 Å². The van der Waals surface area contributed by atoms with Crippen molar-refractivity contribution >= 4 is 17.7 Å². The normalized spacial score (nSPS) is 10.4. The lowest BCUT2D eigenvalue weighted by molar-refractivity contribution is -0.136. The molecule has 0 aliphatic heterocycles. The summed E-state index contributed by atoms with van der Waals surface area (Å²) in [5.74, 6) is -0.325. The van der Waals surface area contributed by atoms with E-state index in [0.717, 1.165) is 18.4 Å². The molecule has 5 heteroatoms. The molecule has 0 bridgehead atoms. The molecule has 1 aromatic carbocycles. The highest BCUT2D eigenvalue weighted by molar-refractivity contribution is 5.89. The van der Waals surface area contributed by atoms with Crippen LogP contribution in [0.3, 0.4) is 0 Å². The zero-order chi connectivity index (χ0) is 15.7. The predicted octanol–water partition coefficient (Wildman–Crippen LogP) is 3.26. The lowest BCUT2D eigenvalue weighted by atomic mass is 10.0. The topological polar surface area (TPSA) is 78.4 Å². The number of aryl methyl sites for hydroxylation is 1. The minimum absolute atomic E-state index is 0.0876. The van der Waals surface area contributed by atoms with Crippen molar-refractivity contribution in [1.29, 1.82) is 0 Å². The number of carbonyl (C=O) groups excluding carboxylic acids is 1. The van der Waals surface area contributed by atoms with Crippen LogP contribution in [0.25, 0.3) is 0 Å². The molecule has 0 fully saturated rings. The van der Waals surface area contributed by atoms with Gasteiger partial charge < -0.3 is 15.7 Å². The summed E-state index contributed by atoms with van der Waals surface area (Å²) in [4.78, 5) is 22.4. The van der Waals surface area contributed by atoms with E-state index in [4.69, 9.17) is 5.11 Å². The zero-order valence-corrected chi connectivity index (χ0v) is 12.7. The summed E-state index contributed by atoms with van der Waals surface area (Å²) >= 11 is 0. The van der Waals surface area contributed by atoms with Crippen molar-refractivity contribution in [2.24, 2.45) is 5.92 Å². The average Bonchev–Trinajstić information content (AvgIpc) is 2.46. The number of urea groups is 1. The Balaban J connectivity index is 2.48. The highest BCUT2D eigenvalue weighted by Crippen LogP contribution is 2.12. The number of nitrogens with one attached hydrogen (secondary N) is 2. The lowest BCUT2D eigenvalue weighted by Gasteiger charge is -2.14. The molecular formula is C16H24N2O3. The van der Waals surface area contributed by atoms with E-state index in [1.165, 1.54) is 0 Å². The number of aliphatic carboxylic acids is 1. The Labute approximate surface area is 125 Å². The first kappa shape index (κ1) is 17.0. The van der Waals surface area contributed by atoms with Gasteiger partial charge in [0.15, 0.2) is 0 Å². The van der Waals surface area contributed by atoms with Crippen LogP contribution in [0.4, 0.5) is 10.5 Å². The molecular weight excluding hydrogens is 268 g/mol. The molecule has 0 aliphatic rings. The van der Waals surface area contributed by atoms with Gasteiger partial charge in [-0.3, -0.25) is 4.79 Å². The third kappa shape index (κ3) is 6.79. The molecule has 3 N–H and O–H groups in total. The first-order valence-corrected chi connectivity index (χ1v) is 7.40. The van der Waals surface area contributed by atoms with E-state index in [9.17, 15) is 9.59 Å². The summed E-state index contributed by atoms with van der Waals surface area (Å²) < 4.78 is 0. The molecule has 0 radical (unpaired) electrons. The van der Waals surface area contributed by atoms with Crippen molar-refractivity contribution in [1.82, 2.24) is 5.32 Å². The van der Waals surface area contributed by atoms with Crippen LogP contribution >= 0.6 is 0 Å². The van der Waals surface area contributed by atoms with Gasteiger partial charge in [0.1, 0.15) is 0 Å². The molecule has 0 atom stereocenters. The highest BCUT2D eigenvalue weighted by atomic mass is 16.4. The lowest BCUT2D eigenvalue weighted by Crippen LogP contribution is -2.32. The van der Waals surface area contributed by atoms with E-state index in [-0.39, 0.29) is 12.5 Å². The fraction of sp³-hybridized carbons (Fsp3) is 0.500. The maximum atomic E-state index is 11.8. The molecule has 0 saturated carbocycles. The Bertz CT molecular complexity index is 470. The van der Waals surface area contributed by atoms with E-state index in [1.807, 2.05) is 12.1 Å². The summed E-state index contributed by atoms with van der Waals surface area (Å²) in [5.41, 5.74) is 1.58. The van der Waals surface area contributed by atoms with Gasteiger partial charge in [-0.1, -0.05) is 38.8 Å². The van der Waals surface area contributed by atoms with Crippen molar-refractivity contribution in [3.05, 3.63) is 29.8 Å². The largest absolute Gasteiger partial charge is 0.481 e. The Hall–Kier alpha value is -2.04. The van der Waals surface area contributed by atoms with Gasteiger partial charge >= 0.3 is 12.0 Å². The second-order valence-electron chi connectivity index (χ2n) is 5.11. The van der Waals surface area contributed by atoms with Crippen molar-refractivity contribution in [3.8, 4) is 0 Å². The third-order valence-electron chi connectivity index (χ3n) is 3.52. The molecule has 116 valence electrons. The molecule has 0 heterocycles. The quantitative estimate of drug-likeness (QED) is 0.688. The first-order chi connectivity index (χ1) is 10.0. The Morgan fingerprint density at radius 1 is 1.24 bits per heavy atom. The van der Waals surface area contributed by atoms with Gasteiger partial charge in [0.25, 0.3) is 0 Å². The Kier molecular flexibility index (Phi) is 7.29. The van der Waals surface area contributed by atoms with Gasteiger partial charge in [0.2, 0.25) is 0 Å². The summed E-state index contributed by atoms with van der Waals surface area (Å²) in [6.07, 6.45) is 2.63. The molecule has 0 spiro atoms. The van der Waals surface area contributed by atoms with Crippen LogP contribution in [0.15, 0.2) is 24.3 Å². The van der Waals surface area contributed by atoms with E-state index in [0.29, 0.717) is 24.6 Å². The van der Waals surface area contributed by atoms with E-state index in [2.05, 4.69) is 24.5 Å². The summed E-state index contributed by atoms with van der Waals surface area (Å²) in [5, 5.41) is 14.3. The van der Waals surface area contributed by atoms with Gasteiger partial charge in [-0.15, -0.1) is 0 Å². The monoisotopic (exact) mass is 292 g/mol. The standard InChI is InChI=1S/C16H24N2O3/c1-3-12(4-2)11-17-16(21)18-14-7-5-6-13(10-14)8-9-15(19)20/h5-7,10,12H,3-4,8-9,11H2,1-2H3,(H,19,20)(H2,17,18,21). The number of carboxylic acid groups (broad SMARTS) is 1. The molecule has 1 aromatic rings. The number of carboxylic acids is 1. The zero-order valence-electron chi connectivity index (χ0n) is 12.7. The number of benzene rings is 1. The van der Waals surface area contributed by atoms with Crippen molar-refractivity contribution in [2.75, 3.05) is 11.9 Å². The SMILES string of the molecule is CCC(CC)CNC(=O)Nc1cccc(CCC(=O)O)c1. The summed E-state index contributed by atoms with van der Waals surface area (Å²) in [7, 11) is 0. The van der Waals surface area contributed by atoms with Crippen LogP contribution in [-0.4, -0.2) is 23.7 Å². The van der Waals surface area contributed by atoms with Crippen LogP contribution in [0.5, 0.6) is 0 Å². The van der Waals surface area contributed by atoms with Crippen LogP contribution in [0, 0.1) is 5.92 Å². The number of rotatable bonds is 8. The molecule has 0 aliphatic carbocycles. The minimum Gasteiger partial charge on any atom is -0.481 e. The van der Waals surface area contributed by atoms with Gasteiger partial charge in [-0.05, 0) is 30.0 Å². The molecule has 0 aromatic heterocycles. The molecule has 0 unspecified atom stereocenters. The fourth-order valence-electron chi connectivity index (χ4n) is 2.05. The fourth-order valence-corrected chi connectivity index (χ4v) is 2.05. The number of amides is 2. The summed E-state index contributed by atoms with van der Waals surface area (Å²) in [6, 6.07) is 7.04. The van der Waals surface area contributed by atoms with Gasteiger partial charge in [0, 0.05) is 18.7 Å². The minimum atomic E-state index is -0.823. The molecule has 5 nitrogen and oxygen atoms in total. The molecule has 1 rings (SSSR count). The maximum absolute atomic E-state index is 11.8. The van der Waals surface area contributed by atoms with Gasteiger partial charge in [-0.25, -0.2) is 4.79 Å². The Morgan fingerprint density at radius 2 is 1.95 bits per heavy atom. The average molecular weight is 292 g/mol. The van der Waals surface area contributed by atoms with Gasteiger partial charge in [-0.2, -0.15) is 0 Å². The second kappa shape index (κ2) is 9.00. The number of carbonyl (C=O) groups is 2. The second-order valence-corrected chi connectivity index (χ2v) is 5.11. The molecule has 2 amide bonds. The van der Waals surface area contributed by atoms with Crippen molar-refractivity contribution in [2.45, 2.75) is 39.5 Å². The van der Waals surface area contributed by atoms with E-state index in [1.54, 1.807) is 12.1 Å². The number of hydrogen-bond acceptors (Lipinski definition) is 2. The van der Waals surface area contributed by atoms with Crippen LogP contribution in [0.2, 0.25) is 0 Å². The van der Waals surface area contributed by atoms with Crippen molar-refractivity contribution in [3.63, 3.8) is 0 Å². The highest BCUT2D eigenvalue weighted by Gasteiger charge is 2.07. The maximum Gasteiger partial charge on any atom is 0.319 e. The van der Waals surface area contributed by atoms with Crippen LogP contribution < -0.4 is 10.6 Å². The van der Waals surface area contributed by atoms with Gasteiger partial charge in [0.05, 0.1) is 0 Å². The van der Waals surface area contributed by atoms with Crippen molar-refractivity contribution < 1.29 is 14.7 Å². The molecule has 21 heavy (non-hydrogen) atoms. The predicted molar refractivity (Wildman–Crippen MR) is 83.5 cm³/mol. The third-order valence-corrected chi connectivity index (χ3v) is 3.52. The Morgan fingerprint density at radius 3 is 2.57 bits per heavy atom.